The van der Waals surface area contributed by atoms with Crippen molar-refractivity contribution >= 4 is 16.5 Å². The molecular weight excluding hydrogens is 325 g/mol. The van der Waals surface area contributed by atoms with Crippen molar-refractivity contribution in [2.45, 2.75) is 6.18 Å². The fourth-order valence-electron chi connectivity index (χ4n) is 2.06. The van der Waals surface area contributed by atoms with Gasteiger partial charge in [-0.15, -0.1) is 0 Å². The summed E-state index contributed by atoms with van der Waals surface area (Å²) >= 11 is 1.00. The van der Waals surface area contributed by atoms with Crippen LogP contribution in [0.1, 0.15) is 5.56 Å². The van der Waals surface area contributed by atoms with Gasteiger partial charge in [-0.1, -0.05) is 53.8 Å². The van der Waals surface area contributed by atoms with Crippen molar-refractivity contribution < 1.29 is 17.9 Å². The molecule has 0 fully saturated rings. The van der Waals surface area contributed by atoms with Gasteiger partial charge in [0.1, 0.15) is 11.4 Å². The van der Waals surface area contributed by atoms with Gasteiger partial charge in [0, 0.05) is 5.56 Å². The average Bonchev–Trinajstić information content (AvgIpc) is 2.88. The SMILES string of the molecule is Nc1nc(-c2ccccc2)c(Oc2ccccc2C(F)(F)F)s1. The van der Waals surface area contributed by atoms with E-state index in [9.17, 15) is 13.2 Å². The molecule has 23 heavy (non-hydrogen) atoms. The lowest BCUT2D eigenvalue weighted by Crippen LogP contribution is -2.06. The Balaban J connectivity index is 2.03. The van der Waals surface area contributed by atoms with Gasteiger partial charge in [0.25, 0.3) is 0 Å². The number of benzene rings is 2. The van der Waals surface area contributed by atoms with Gasteiger partial charge in [0.2, 0.25) is 5.06 Å². The number of halogens is 3. The maximum Gasteiger partial charge on any atom is 0.419 e. The number of nitrogens with zero attached hydrogens (tertiary/aromatic N) is 1. The second kappa shape index (κ2) is 5.92. The third-order valence-corrected chi connectivity index (χ3v) is 3.82. The molecule has 0 amide bonds. The lowest BCUT2D eigenvalue weighted by atomic mass is 10.1. The minimum absolute atomic E-state index is 0.225. The van der Waals surface area contributed by atoms with Gasteiger partial charge in [-0.2, -0.15) is 13.2 Å². The highest BCUT2D eigenvalue weighted by molar-refractivity contribution is 7.17. The molecule has 0 saturated heterocycles. The zero-order chi connectivity index (χ0) is 16.4. The average molecular weight is 336 g/mol. The molecule has 0 spiro atoms. The number of anilines is 1. The summed E-state index contributed by atoms with van der Waals surface area (Å²) in [4.78, 5) is 4.16. The Morgan fingerprint density at radius 1 is 0.957 bits per heavy atom. The molecule has 3 rings (SSSR count). The fourth-order valence-corrected chi connectivity index (χ4v) is 2.78. The monoisotopic (exact) mass is 336 g/mol. The molecule has 0 aliphatic heterocycles. The summed E-state index contributed by atoms with van der Waals surface area (Å²) in [6.45, 7) is 0. The molecule has 3 nitrogen and oxygen atoms in total. The number of hydrogen-bond acceptors (Lipinski definition) is 4. The third kappa shape index (κ3) is 3.29. The lowest BCUT2D eigenvalue weighted by Gasteiger charge is -2.13. The Kier molecular flexibility index (Phi) is 3.96. The highest BCUT2D eigenvalue weighted by Crippen LogP contribution is 2.43. The Morgan fingerprint density at radius 3 is 2.30 bits per heavy atom. The Labute approximate surface area is 134 Å². The minimum Gasteiger partial charge on any atom is -0.444 e. The van der Waals surface area contributed by atoms with Crippen LogP contribution in [0.25, 0.3) is 11.3 Å². The molecular formula is C16H11F3N2OS. The van der Waals surface area contributed by atoms with Crippen LogP contribution in [0.5, 0.6) is 10.8 Å². The lowest BCUT2D eigenvalue weighted by molar-refractivity contribution is -0.138. The topological polar surface area (TPSA) is 48.1 Å². The number of ether oxygens (including phenoxy) is 1. The van der Waals surface area contributed by atoms with E-state index >= 15 is 0 Å². The second-order valence-electron chi connectivity index (χ2n) is 4.65. The number of hydrogen-bond donors (Lipinski definition) is 1. The first-order chi connectivity index (χ1) is 10.9. The van der Waals surface area contributed by atoms with E-state index in [4.69, 9.17) is 10.5 Å². The van der Waals surface area contributed by atoms with Gasteiger partial charge in [0.05, 0.1) is 5.56 Å². The van der Waals surface area contributed by atoms with Gasteiger partial charge in [-0.05, 0) is 12.1 Å². The number of alkyl halides is 3. The van der Waals surface area contributed by atoms with Crippen molar-refractivity contribution in [1.82, 2.24) is 4.98 Å². The molecule has 2 N–H and O–H groups in total. The van der Waals surface area contributed by atoms with E-state index in [1.165, 1.54) is 18.2 Å². The summed E-state index contributed by atoms with van der Waals surface area (Å²) < 4.78 is 44.7. The number of aromatic nitrogens is 1. The normalized spacial score (nSPS) is 11.4. The molecule has 2 aromatic carbocycles. The molecule has 0 aliphatic carbocycles. The van der Waals surface area contributed by atoms with Crippen molar-refractivity contribution in [2.24, 2.45) is 0 Å². The van der Waals surface area contributed by atoms with Crippen LogP contribution in [0.15, 0.2) is 54.6 Å². The molecule has 0 atom stereocenters. The quantitative estimate of drug-likeness (QED) is 0.715. The first-order valence-corrected chi connectivity index (χ1v) is 7.42. The van der Waals surface area contributed by atoms with Crippen molar-refractivity contribution in [3.05, 3.63) is 60.2 Å². The molecule has 0 saturated carbocycles. The van der Waals surface area contributed by atoms with Crippen LogP contribution in [-0.2, 0) is 6.18 Å². The zero-order valence-corrected chi connectivity index (χ0v) is 12.5. The molecule has 0 aliphatic rings. The molecule has 0 radical (unpaired) electrons. The smallest absolute Gasteiger partial charge is 0.419 e. The van der Waals surface area contributed by atoms with E-state index in [0.29, 0.717) is 5.69 Å². The number of rotatable bonds is 3. The van der Waals surface area contributed by atoms with E-state index in [-0.39, 0.29) is 15.9 Å². The molecule has 7 heteroatoms. The third-order valence-electron chi connectivity index (χ3n) is 3.05. The fraction of sp³-hybridized carbons (Fsp3) is 0.0625. The molecule has 0 unspecified atom stereocenters. The summed E-state index contributed by atoms with van der Waals surface area (Å²) in [5.74, 6) is -0.277. The van der Waals surface area contributed by atoms with Crippen LogP contribution in [-0.4, -0.2) is 4.98 Å². The highest BCUT2D eigenvalue weighted by atomic mass is 32.1. The number of nitrogens with two attached hydrogens (primary N) is 1. The van der Waals surface area contributed by atoms with Crippen molar-refractivity contribution in [3.63, 3.8) is 0 Å². The molecule has 118 valence electrons. The van der Waals surface area contributed by atoms with Crippen molar-refractivity contribution in [3.8, 4) is 22.1 Å². The van der Waals surface area contributed by atoms with Gasteiger partial charge in [0.15, 0.2) is 5.13 Å². The second-order valence-corrected chi connectivity index (χ2v) is 5.64. The predicted molar refractivity (Wildman–Crippen MR) is 83.5 cm³/mol. The summed E-state index contributed by atoms with van der Waals surface area (Å²) in [6, 6.07) is 14.1. The summed E-state index contributed by atoms with van der Waals surface area (Å²) in [7, 11) is 0. The van der Waals surface area contributed by atoms with E-state index in [2.05, 4.69) is 4.98 Å². The summed E-state index contributed by atoms with van der Waals surface area (Å²) in [5, 5.41) is 0.453. The first-order valence-electron chi connectivity index (χ1n) is 6.61. The van der Waals surface area contributed by atoms with Gasteiger partial charge >= 0.3 is 6.18 Å². The van der Waals surface area contributed by atoms with Crippen LogP contribution >= 0.6 is 11.3 Å². The predicted octanol–water partition coefficient (Wildman–Crippen LogP) is 5.20. The molecule has 3 aromatic rings. The maximum absolute atomic E-state index is 13.1. The summed E-state index contributed by atoms with van der Waals surface area (Å²) in [5.41, 5.74) is 6.00. The highest BCUT2D eigenvalue weighted by Gasteiger charge is 2.34. The largest absolute Gasteiger partial charge is 0.444 e. The Hall–Kier alpha value is -2.54. The van der Waals surface area contributed by atoms with Crippen LogP contribution in [0, 0.1) is 0 Å². The van der Waals surface area contributed by atoms with Gasteiger partial charge in [-0.3, -0.25) is 0 Å². The molecule has 1 aromatic heterocycles. The van der Waals surface area contributed by atoms with E-state index in [1.54, 1.807) is 24.3 Å². The van der Waals surface area contributed by atoms with Crippen LogP contribution in [0.4, 0.5) is 18.3 Å². The number of nitrogen functional groups attached to an aromatic ring is 1. The standard InChI is InChI=1S/C16H11F3N2OS/c17-16(18,19)11-8-4-5-9-12(11)22-14-13(21-15(20)23-14)10-6-2-1-3-7-10/h1-9H,(H2,20,21). The van der Waals surface area contributed by atoms with Crippen LogP contribution < -0.4 is 10.5 Å². The van der Waals surface area contributed by atoms with Crippen LogP contribution in [0.3, 0.4) is 0 Å². The van der Waals surface area contributed by atoms with E-state index in [0.717, 1.165) is 23.0 Å². The maximum atomic E-state index is 13.1. The number of thiazole rings is 1. The molecule has 0 bridgehead atoms. The van der Waals surface area contributed by atoms with Gasteiger partial charge in [-0.25, -0.2) is 4.98 Å². The summed E-state index contributed by atoms with van der Waals surface area (Å²) in [6.07, 6.45) is -4.50. The van der Waals surface area contributed by atoms with E-state index < -0.39 is 11.7 Å². The Morgan fingerprint density at radius 2 is 1.61 bits per heavy atom. The molecule has 1 heterocycles. The van der Waals surface area contributed by atoms with Crippen molar-refractivity contribution in [2.75, 3.05) is 5.73 Å². The van der Waals surface area contributed by atoms with E-state index in [1.807, 2.05) is 6.07 Å². The zero-order valence-electron chi connectivity index (χ0n) is 11.7. The van der Waals surface area contributed by atoms with Crippen molar-refractivity contribution in [1.29, 1.82) is 0 Å². The Bertz CT molecular complexity index is 816. The van der Waals surface area contributed by atoms with Gasteiger partial charge < -0.3 is 10.5 Å². The minimum atomic E-state index is -4.50. The first kappa shape index (κ1) is 15.4. The number of para-hydroxylation sites is 1. The van der Waals surface area contributed by atoms with Crippen LogP contribution in [0.2, 0.25) is 0 Å².